The zero-order chi connectivity index (χ0) is 19.1. The van der Waals surface area contributed by atoms with Crippen LogP contribution in [0.5, 0.6) is 5.75 Å². The minimum Gasteiger partial charge on any atom is -0.491 e. The van der Waals surface area contributed by atoms with E-state index in [1.165, 1.54) is 12.0 Å². The number of carbonyl (C=O) groups is 1. The molecule has 1 N–H and O–H groups in total. The molecule has 0 spiro atoms. The summed E-state index contributed by atoms with van der Waals surface area (Å²) in [5.74, 6) is 0.872. The van der Waals surface area contributed by atoms with Gasteiger partial charge in [-0.1, -0.05) is 49.1 Å². The van der Waals surface area contributed by atoms with Gasteiger partial charge in [-0.05, 0) is 49.6 Å². The molecule has 0 saturated heterocycles. The van der Waals surface area contributed by atoms with Crippen LogP contribution in [0.15, 0.2) is 48.5 Å². The van der Waals surface area contributed by atoms with Crippen molar-refractivity contribution in [2.45, 2.75) is 44.4 Å². The first kappa shape index (κ1) is 19.4. The molecule has 0 aromatic heterocycles. The van der Waals surface area contributed by atoms with Crippen molar-refractivity contribution < 1.29 is 14.3 Å². The molecule has 0 radical (unpaired) electrons. The highest BCUT2D eigenvalue weighted by Gasteiger charge is 2.41. The van der Waals surface area contributed by atoms with Crippen LogP contribution in [-0.2, 0) is 14.9 Å². The van der Waals surface area contributed by atoms with Gasteiger partial charge in [0.2, 0.25) is 5.91 Å². The molecule has 4 nitrogen and oxygen atoms in total. The highest BCUT2D eigenvalue weighted by molar-refractivity contribution is 5.99. The molecule has 4 heteroatoms. The molecule has 2 aromatic rings. The number of carbonyl (C=O) groups excluding carboxylic acids is 1. The molecule has 1 aliphatic rings. The average molecular weight is 367 g/mol. The van der Waals surface area contributed by atoms with Gasteiger partial charge in [-0.15, -0.1) is 0 Å². The van der Waals surface area contributed by atoms with Gasteiger partial charge in [-0.2, -0.15) is 0 Å². The average Bonchev–Trinajstić information content (AvgIpc) is 2.70. The molecule has 3 rings (SSSR count). The second kappa shape index (κ2) is 9.05. The Hall–Kier alpha value is -2.33. The molecule has 0 heterocycles. The van der Waals surface area contributed by atoms with Crippen LogP contribution < -0.4 is 10.1 Å². The van der Waals surface area contributed by atoms with E-state index < -0.39 is 5.41 Å². The fourth-order valence-electron chi connectivity index (χ4n) is 3.87. The number of hydrogen-bond acceptors (Lipinski definition) is 3. The van der Waals surface area contributed by atoms with Crippen LogP contribution >= 0.6 is 0 Å². The van der Waals surface area contributed by atoms with Gasteiger partial charge in [0.25, 0.3) is 0 Å². The normalized spacial score (nSPS) is 15.9. The van der Waals surface area contributed by atoms with Crippen molar-refractivity contribution in [3.63, 3.8) is 0 Å². The van der Waals surface area contributed by atoms with Gasteiger partial charge in [-0.25, -0.2) is 0 Å². The lowest BCUT2D eigenvalue weighted by molar-refractivity contribution is -0.122. The Kier molecular flexibility index (Phi) is 6.51. The van der Waals surface area contributed by atoms with Crippen molar-refractivity contribution in [1.29, 1.82) is 0 Å². The minimum atomic E-state index is -0.433. The van der Waals surface area contributed by atoms with Crippen LogP contribution in [0, 0.1) is 6.92 Å². The molecule has 0 aliphatic heterocycles. The van der Waals surface area contributed by atoms with Crippen LogP contribution in [0.4, 0.5) is 5.69 Å². The fourth-order valence-corrected chi connectivity index (χ4v) is 3.87. The summed E-state index contributed by atoms with van der Waals surface area (Å²) >= 11 is 0. The minimum absolute atomic E-state index is 0.0980. The molecular weight excluding hydrogens is 338 g/mol. The maximum Gasteiger partial charge on any atom is 0.235 e. The quantitative estimate of drug-likeness (QED) is 0.711. The molecule has 0 unspecified atom stereocenters. The lowest BCUT2D eigenvalue weighted by Crippen LogP contribution is -2.42. The van der Waals surface area contributed by atoms with E-state index in [0.29, 0.717) is 13.2 Å². The summed E-state index contributed by atoms with van der Waals surface area (Å²) in [5.41, 5.74) is 2.71. The first-order valence-electron chi connectivity index (χ1n) is 9.74. The Morgan fingerprint density at radius 2 is 1.78 bits per heavy atom. The molecule has 1 aliphatic carbocycles. The summed E-state index contributed by atoms with van der Waals surface area (Å²) in [6.45, 7) is 3.15. The third-order valence-corrected chi connectivity index (χ3v) is 5.38. The molecule has 1 saturated carbocycles. The SMILES string of the molecule is COCCOc1ccc(NC(=O)C2(c3cccc(C)c3)CCCCC2)cc1. The molecule has 1 amide bonds. The first-order chi connectivity index (χ1) is 13.1. The Bertz CT molecular complexity index is 748. The Balaban J connectivity index is 1.75. The van der Waals surface area contributed by atoms with E-state index in [0.717, 1.165) is 42.7 Å². The number of hydrogen-bond donors (Lipinski definition) is 1. The van der Waals surface area contributed by atoms with Crippen molar-refractivity contribution in [2.75, 3.05) is 25.6 Å². The van der Waals surface area contributed by atoms with E-state index in [9.17, 15) is 4.79 Å². The third-order valence-electron chi connectivity index (χ3n) is 5.38. The molecule has 0 atom stereocenters. The van der Waals surface area contributed by atoms with Gasteiger partial charge < -0.3 is 14.8 Å². The van der Waals surface area contributed by atoms with Crippen molar-refractivity contribution in [3.05, 3.63) is 59.7 Å². The van der Waals surface area contributed by atoms with Crippen molar-refractivity contribution in [2.24, 2.45) is 0 Å². The zero-order valence-corrected chi connectivity index (χ0v) is 16.3. The topological polar surface area (TPSA) is 47.6 Å². The number of nitrogens with one attached hydrogen (secondary N) is 1. The number of amides is 1. The van der Waals surface area contributed by atoms with E-state index in [1.807, 2.05) is 24.3 Å². The molecule has 0 bridgehead atoms. The largest absolute Gasteiger partial charge is 0.491 e. The Morgan fingerprint density at radius 3 is 2.44 bits per heavy atom. The molecule has 144 valence electrons. The Morgan fingerprint density at radius 1 is 1.04 bits per heavy atom. The third kappa shape index (κ3) is 4.69. The van der Waals surface area contributed by atoms with Crippen molar-refractivity contribution in [3.8, 4) is 5.75 Å². The van der Waals surface area contributed by atoms with E-state index in [2.05, 4.69) is 36.5 Å². The lowest BCUT2D eigenvalue weighted by Gasteiger charge is -2.36. The predicted molar refractivity (Wildman–Crippen MR) is 108 cm³/mol. The first-order valence-corrected chi connectivity index (χ1v) is 9.74. The summed E-state index contributed by atoms with van der Waals surface area (Å²) in [5, 5.41) is 3.15. The number of methoxy groups -OCH3 is 1. The van der Waals surface area contributed by atoms with Crippen LogP contribution in [-0.4, -0.2) is 26.2 Å². The number of rotatable bonds is 7. The molecule has 1 fully saturated rings. The van der Waals surface area contributed by atoms with Gasteiger partial charge in [0.15, 0.2) is 0 Å². The van der Waals surface area contributed by atoms with E-state index in [4.69, 9.17) is 9.47 Å². The number of aryl methyl sites for hydroxylation is 1. The van der Waals surface area contributed by atoms with Gasteiger partial charge in [0.1, 0.15) is 12.4 Å². The predicted octanol–water partition coefficient (Wildman–Crippen LogP) is 4.86. The highest BCUT2D eigenvalue weighted by Crippen LogP contribution is 2.40. The molecule has 2 aromatic carbocycles. The van der Waals surface area contributed by atoms with Crippen LogP contribution in [0.1, 0.15) is 43.2 Å². The second-order valence-electron chi connectivity index (χ2n) is 7.33. The number of ether oxygens (including phenoxy) is 2. The maximum atomic E-state index is 13.3. The van der Waals surface area contributed by atoms with Crippen molar-refractivity contribution in [1.82, 2.24) is 0 Å². The van der Waals surface area contributed by atoms with Crippen LogP contribution in [0.3, 0.4) is 0 Å². The monoisotopic (exact) mass is 367 g/mol. The maximum absolute atomic E-state index is 13.3. The number of benzene rings is 2. The van der Waals surface area contributed by atoms with Gasteiger partial charge in [-0.3, -0.25) is 4.79 Å². The zero-order valence-electron chi connectivity index (χ0n) is 16.3. The van der Waals surface area contributed by atoms with Gasteiger partial charge in [0.05, 0.1) is 12.0 Å². The van der Waals surface area contributed by atoms with Crippen LogP contribution in [0.25, 0.3) is 0 Å². The highest BCUT2D eigenvalue weighted by atomic mass is 16.5. The lowest BCUT2D eigenvalue weighted by atomic mass is 9.68. The second-order valence-corrected chi connectivity index (χ2v) is 7.33. The van der Waals surface area contributed by atoms with E-state index in [-0.39, 0.29) is 5.91 Å². The van der Waals surface area contributed by atoms with Gasteiger partial charge >= 0.3 is 0 Å². The molecule has 27 heavy (non-hydrogen) atoms. The van der Waals surface area contributed by atoms with Crippen molar-refractivity contribution >= 4 is 11.6 Å². The standard InChI is InChI=1S/C23H29NO3/c1-18-7-6-8-19(17-18)23(13-4-3-5-14-23)22(25)24-20-9-11-21(12-10-20)27-16-15-26-2/h6-12,17H,3-5,13-16H2,1-2H3,(H,24,25). The molecular formula is C23H29NO3. The Labute approximate surface area is 161 Å². The number of anilines is 1. The van der Waals surface area contributed by atoms with E-state index in [1.54, 1.807) is 7.11 Å². The summed E-state index contributed by atoms with van der Waals surface area (Å²) in [4.78, 5) is 13.3. The summed E-state index contributed by atoms with van der Waals surface area (Å²) in [6.07, 6.45) is 5.19. The smallest absolute Gasteiger partial charge is 0.235 e. The van der Waals surface area contributed by atoms with Crippen LogP contribution in [0.2, 0.25) is 0 Å². The summed E-state index contributed by atoms with van der Waals surface area (Å²) in [7, 11) is 1.65. The summed E-state index contributed by atoms with van der Waals surface area (Å²) in [6, 6.07) is 16.0. The van der Waals surface area contributed by atoms with E-state index >= 15 is 0 Å². The fraction of sp³-hybridized carbons (Fsp3) is 0.435. The van der Waals surface area contributed by atoms with Gasteiger partial charge in [0, 0.05) is 12.8 Å². The summed E-state index contributed by atoms with van der Waals surface area (Å²) < 4.78 is 10.6.